The van der Waals surface area contributed by atoms with E-state index >= 15 is 0 Å². The summed E-state index contributed by atoms with van der Waals surface area (Å²) in [6.45, 7) is 2.00. The van der Waals surface area contributed by atoms with Crippen LogP contribution in [0.3, 0.4) is 0 Å². The predicted octanol–water partition coefficient (Wildman–Crippen LogP) is 0.325. The Balaban J connectivity index is 1.63. The Bertz CT molecular complexity index is 589. The number of rotatable bonds is 3. The molecule has 3 atom stereocenters. The molecule has 3 N–H and O–H groups in total. The van der Waals surface area contributed by atoms with Crippen molar-refractivity contribution in [3.8, 4) is 0 Å². The van der Waals surface area contributed by atoms with Crippen molar-refractivity contribution in [2.75, 3.05) is 37.6 Å². The first-order valence-corrected chi connectivity index (χ1v) is 8.28. The van der Waals surface area contributed by atoms with Crippen molar-refractivity contribution < 1.29 is 28.5 Å². The highest BCUT2D eigenvalue weighted by molar-refractivity contribution is 5.53. The smallest absolute Gasteiger partial charge is 0.389 e. The van der Waals surface area contributed by atoms with Gasteiger partial charge in [-0.25, -0.2) is 0 Å². The second kappa shape index (κ2) is 7.06. The van der Waals surface area contributed by atoms with Gasteiger partial charge in [-0.05, 0) is 18.4 Å². The lowest BCUT2D eigenvalue weighted by Crippen LogP contribution is -2.56. The lowest BCUT2D eigenvalue weighted by atomic mass is 10.00. The van der Waals surface area contributed by atoms with Crippen molar-refractivity contribution in [3.05, 3.63) is 24.0 Å². The van der Waals surface area contributed by atoms with Crippen molar-refractivity contribution in [2.45, 2.75) is 30.9 Å². The van der Waals surface area contributed by atoms with Gasteiger partial charge in [-0.15, -0.1) is 0 Å². The third-order valence-corrected chi connectivity index (χ3v) is 4.93. The molecular formula is C16H22F3N3O3. The number of anilines is 1. The summed E-state index contributed by atoms with van der Waals surface area (Å²) in [6.07, 6.45) is -4.50. The van der Waals surface area contributed by atoms with Crippen LogP contribution >= 0.6 is 0 Å². The third kappa shape index (κ3) is 4.05. The Hall–Kier alpha value is -1.42. The van der Waals surface area contributed by atoms with E-state index in [1.165, 1.54) is 6.20 Å². The number of pyridine rings is 1. The Labute approximate surface area is 143 Å². The van der Waals surface area contributed by atoms with Gasteiger partial charge in [-0.3, -0.25) is 9.88 Å². The van der Waals surface area contributed by atoms with Crippen LogP contribution in [-0.4, -0.2) is 76.2 Å². The number of aliphatic hydroxyl groups is 3. The SMILES string of the molecule is OC1CN(C[C@@H]2CCN(c3cnccc3C(F)(F)F)C2)CC(O)C1O. The molecule has 2 aliphatic heterocycles. The van der Waals surface area contributed by atoms with E-state index in [9.17, 15) is 28.5 Å². The zero-order valence-corrected chi connectivity index (χ0v) is 13.6. The summed E-state index contributed by atoms with van der Waals surface area (Å²) in [6, 6.07) is 0.987. The molecule has 1 aromatic rings. The van der Waals surface area contributed by atoms with Crippen molar-refractivity contribution in [1.82, 2.24) is 9.88 Å². The number of nitrogens with zero attached hydrogens (tertiary/aromatic N) is 3. The molecule has 0 bridgehead atoms. The molecule has 25 heavy (non-hydrogen) atoms. The normalized spacial score (nSPS) is 31.5. The van der Waals surface area contributed by atoms with Crippen molar-refractivity contribution >= 4 is 5.69 Å². The second-order valence-corrected chi connectivity index (χ2v) is 6.84. The molecule has 2 fully saturated rings. The van der Waals surface area contributed by atoms with Crippen LogP contribution in [-0.2, 0) is 6.18 Å². The molecule has 3 rings (SSSR count). The Morgan fingerprint density at radius 2 is 1.80 bits per heavy atom. The van der Waals surface area contributed by atoms with Crippen LogP contribution in [0.2, 0.25) is 0 Å². The number of hydrogen-bond donors (Lipinski definition) is 3. The van der Waals surface area contributed by atoms with Gasteiger partial charge in [0.05, 0.1) is 29.7 Å². The van der Waals surface area contributed by atoms with Gasteiger partial charge in [-0.1, -0.05) is 0 Å². The summed E-state index contributed by atoms with van der Waals surface area (Å²) in [5.74, 6) is 0.121. The molecule has 0 spiro atoms. The maximum atomic E-state index is 13.2. The highest BCUT2D eigenvalue weighted by Gasteiger charge is 2.38. The van der Waals surface area contributed by atoms with Crippen LogP contribution in [0.25, 0.3) is 0 Å². The molecule has 2 saturated heterocycles. The van der Waals surface area contributed by atoms with Gasteiger partial charge in [0.2, 0.25) is 0 Å². The number of β-amino-alcohol motifs (C(OH)–C–C–N with tert-alkyl or cyclic N) is 2. The summed E-state index contributed by atoms with van der Waals surface area (Å²) >= 11 is 0. The second-order valence-electron chi connectivity index (χ2n) is 6.84. The fourth-order valence-electron chi connectivity index (χ4n) is 3.67. The van der Waals surface area contributed by atoms with Crippen LogP contribution in [0.1, 0.15) is 12.0 Å². The van der Waals surface area contributed by atoms with E-state index in [0.29, 0.717) is 19.6 Å². The molecular weight excluding hydrogens is 339 g/mol. The minimum absolute atomic E-state index is 0.0895. The van der Waals surface area contributed by atoms with Crippen LogP contribution < -0.4 is 4.90 Å². The van der Waals surface area contributed by atoms with Crippen molar-refractivity contribution in [3.63, 3.8) is 0 Å². The molecule has 0 radical (unpaired) electrons. The van der Waals surface area contributed by atoms with Gasteiger partial charge in [0.1, 0.15) is 6.10 Å². The molecule has 0 amide bonds. The number of aromatic nitrogens is 1. The highest BCUT2D eigenvalue weighted by Crippen LogP contribution is 2.37. The lowest BCUT2D eigenvalue weighted by molar-refractivity contribution is -0.137. The molecule has 0 saturated carbocycles. The van der Waals surface area contributed by atoms with Crippen LogP contribution in [0.5, 0.6) is 0 Å². The molecule has 2 aliphatic rings. The average molecular weight is 361 g/mol. The van der Waals surface area contributed by atoms with Crippen LogP contribution in [0.15, 0.2) is 18.5 Å². The predicted molar refractivity (Wildman–Crippen MR) is 84.0 cm³/mol. The van der Waals surface area contributed by atoms with E-state index < -0.39 is 30.1 Å². The van der Waals surface area contributed by atoms with E-state index in [1.54, 1.807) is 4.90 Å². The van der Waals surface area contributed by atoms with Crippen LogP contribution in [0, 0.1) is 5.92 Å². The molecule has 1 aromatic heterocycles. The standard InChI is InChI=1S/C16H22F3N3O3/c17-16(18,19)11-1-3-20-5-12(11)22-4-2-10(7-22)6-21-8-13(23)15(25)14(24)9-21/h1,3,5,10,13-15,23-25H,2,4,6-9H2/t10-,13?,14?,15?/m0/s1. The largest absolute Gasteiger partial charge is 0.418 e. The maximum absolute atomic E-state index is 13.2. The highest BCUT2D eigenvalue weighted by atomic mass is 19.4. The fourth-order valence-corrected chi connectivity index (χ4v) is 3.67. The number of alkyl halides is 3. The fraction of sp³-hybridized carbons (Fsp3) is 0.688. The number of aliphatic hydroxyl groups excluding tert-OH is 3. The number of piperidine rings is 1. The maximum Gasteiger partial charge on any atom is 0.418 e. The first-order chi connectivity index (χ1) is 11.8. The van der Waals surface area contributed by atoms with E-state index in [2.05, 4.69) is 4.98 Å². The minimum Gasteiger partial charge on any atom is -0.389 e. The van der Waals surface area contributed by atoms with Gasteiger partial charge in [0.15, 0.2) is 0 Å². The number of halogens is 3. The van der Waals surface area contributed by atoms with E-state index in [0.717, 1.165) is 18.7 Å². The Kier molecular flexibility index (Phi) is 5.19. The monoisotopic (exact) mass is 361 g/mol. The quantitative estimate of drug-likeness (QED) is 0.720. The molecule has 2 unspecified atom stereocenters. The van der Waals surface area contributed by atoms with Crippen molar-refractivity contribution in [1.29, 1.82) is 0 Å². The van der Waals surface area contributed by atoms with Gasteiger partial charge >= 0.3 is 6.18 Å². The summed E-state index contributed by atoms with van der Waals surface area (Å²) in [5.41, 5.74) is -0.596. The van der Waals surface area contributed by atoms with Gasteiger partial charge in [0, 0.05) is 38.9 Å². The topological polar surface area (TPSA) is 80.1 Å². The third-order valence-electron chi connectivity index (χ3n) is 4.93. The summed E-state index contributed by atoms with van der Waals surface area (Å²) in [5, 5.41) is 29.1. The molecule has 0 aromatic carbocycles. The first-order valence-electron chi connectivity index (χ1n) is 8.28. The lowest BCUT2D eigenvalue weighted by Gasteiger charge is -2.38. The molecule has 0 aliphatic carbocycles. The first kappa shape index (κ1) is 18.4. The average Bonchev–Trinajstić information content (AvgIpc) is 3.00. The summed E-state index contributed by atoms with van der Waals surface area (Å²) in [4.78, 5) is 7.36. The van der Waals surface area contributed by atoms with E-state index in [4.69, 9.17) is 0 Å². The summed E-state index contributed by atoms with van der Waals surface area (Å²) < 4.78 is 39.5. The van der Waals surface area contributed by atoms with Crippen molar-refractivity contribution in [2.24, 2.45) is 5.92 Å². The Morgan fingerprint density at radius 1 is 1.12 bits per heavy atom. The minimum atomic E-state index is -4.42. The van der Waals surface area contributed by atoms with Gasteiger partial charge in [0.25, 0.3) is 0 Å². The molecule has 140 valence electrons. The zero-order chi connectivity index (χ0) is 18.2. The van der Waals surface area contributed by atoms with E-state index in [-0.39, 0.29) is 24.7 Å². The van der Waals surface area contributed by atoms with Gasteiger partial charge in [-0.2, -0.15) is 13.2 Å². The van der Waals surface area contributed by atoms with Gasteiger partial charge < -0.3 is 20.2 Å². The van der Waals surface area contributed by atoms with Crippen LogP contribution in [0.4, 0.5) is 18.9 Å². The van der Waals surface area contributed by atoms with E-state index in [1.807, 2.05) is 4.90 Å². The number of likely N-dealkylation sites (tertiary alicyclic amines) is 1. The molecule has 9 heteroatoms. The molecule has 6 nitrogen and oxygen atoms in total. The Morgan fingerprint density at radius 3 is 2.44 bits per heavy atom. The number of hydrogen-bond acceptors (Lipinski definition) is 6. The molecule has 3 heterocycles. The summed E-state index contributed by atoms with van der Waals surface area (Å²) in [7, 11) is 0. The zero-order valence-electron chi connectivity index (χ0n) is 13.6.